The molecule has 0 atom stereocenters. The van der Waals surface area contributed by atoms with Gasteiger partial charge in [-0.3, -0.25) is 4.79 Å². The van der Waals surface area contributed by atoms with Crippen LogP contribution in [-0.4, -0.2) is 27.0 Å². The number of ether oxygens (including phenoxy) is 1. The lowest BCUT2D eigenvalue weighted by atomic mass is 10.2. The first-order valence-corrected chi connectivity index (χ1v) is 8.04. The average molecular weight is 394 g/mol. The number of nitrogens with zero attached hydrogens (tertiary/aromatic N) is 3. The molecule has 3 rings (SSSR count). The lowest BCUT2D eigenvalue weighted by Crippen LogP contribution is -2.24. The second kappa shape index (κ2) is 7.67. The largest absolute Gasteiger partial charge is 0.573 e. The fourth-order valence-electron chi connectivity index (χ4n) is 2.38. The average Bonchev–Trinajstić information content (AvgIpc) is 3.02. The molecule has 0 bridgehead atoms. The molecule has 3 aromatic rings. The maximum Gasteiger partial charge on any atom is 0.573 e. The van der Waals surface area contributed by atoms with Gasteiger partial charge in [-0.1, -0.05) is 12.1 Å². The van der Waals surface area contributed by atoms with E-state index in [0.717, 1.165) is 12.1 Å². The molecule has 28 heavy (non-hydrogen) atoms. The predicted molar refractivity (Wildman–Crippen MR) is 90.3 cm³/mol. The van der Waals surface area contributed by atoms with Crippen LogP contribution in [0.5, 0.6) is 5.75 Å². The number of carbonyl (C=O) groups is 1. The predicted octanol–water partition coefficient (Wildman–Crippen LogP) is 3.54. The summed E-state index contributed by atoms with van der Waals surface area (Å²) in [6, 6.07) is 10.6. The SMILES string of the molecule is Cc1nc(C(=O)NCc2ccc(OC(F)(F)F)cc2)nn1-c1ccc(F)cc1. The maximum atomic E-state index is 13.0. The van der Waals surface area contributed by atoms with Crippen LogP contribution in [0.2, 0.25) is 0 Å². The topological polar surface area (TPSA) is 69.0 Å². The van der Waals surface area contributed by atoms with E-state index in [4.69, 9.17) is 0 Å². The Bertz CT molecular complexity index is 967. The number of nitrogens with one attached hydrogen (secondary N) is 1. The summed E-state index contributed by atoms with van der Waals surface area (Å²) in [5, 5.41) is 6.69. The molecule has 0 unspecified atom stereocenters. The van der Waals surface area contributed by atoms with Crippen molar-refractivity contribution in [3.8, 4) is 11.4 Å². The monoisotopic (exact) mass is 394 g/mol. The Labute approximate surface area is 156 Å². The second-order valence-corrected chi connectivity index (χ2v) is 5.75. The molecule has 0 spiro atoms. The van der Waals surface area contributed by atoms with Gasteiger partial charge < -0.3 is 10.1 Å². The molecule has 0 saturated heterocycles. The summed E-state index contributed by atoms with van der Waals surface area (Å²) in [6.45, 7) is 1.71. The highest BCUT2D eigenvalue weighted by molar-refractivity contribution is 5.90. The van der Waals surface area contributed by atoms with E-state index in [1.165, 1.54) is 41.1 Å². The van der Waals surface area contributed by atoms with Gasteiger partial charge in [-0.2, -0.15) is 0 Å². The molecule has 1 aromatic heterocycles. The zero-order valence-corrected chi connectivity index (χ0v) is 14.5. The molecular weight excluding hydrogens is 380 g/mol. The van der Waals surface area contributed by atoms with Gasteiger partial charge in [0, 0.05) is 6.54 Å². The summed E-state index contributed by atoms with van der Waals surface area (Å²) in [4.78, 5) is 16.3. The van der Waals surface area contributed by atoms with Crippen molar-refractivity contribution < 1.29 is 27.1 Å². The van der Waals surface area contributed by atoms with E-state index < -0.39 is 18.1 Å². The molecule has 0 aliphatic carbocycles. The normalized spacial score (nSPS) is 11.3. The van der Waals surface area contributed by atoms with Gasteiger partial charge in [-0.15, -0.1) is 18.3 Å². The minimum atomic E-state index is -4.76. The zero-order chi connectivity index (χ0) is 20.3. The van der Waals surface area contributed by atoms with Crippen molar-refractivity contribution >= 4 is 5.91 Å². The number of rotatable bonds is 5. The quantitative estimate of drug-likeness (QED) is 0.672. The van der Waals surface area contributed by atoms with Crippen LogP contribution in [0.15, 0.2) is 48.5 Å². The summed E-state index contributed by atoms with van der Waals surface area (Å²) in [6.07, 6.45) is -4.76. The van der Waals surface area contributed by atoms with E-state index >= 15 is 0 Å². The number of benzene rings is 2. The van der Waals surface area contributed by atoms with Crippen LogP contribution in [0.4, 0.5) is 17.6 Å². The number of halogens is 4. The standard InChI is InChI=1S/C18H14F4N4O2/c1-11-24-16(25-26(11)14-6-4-13(19)5-7-14)17(27)23-10-12-2-8-15(9-3-12)28-18(20,21)22/h2-9H,10H2,1H3,(H,23,27). The van der Waals surface area contributed by atoms with Crippen LogP contribution < -0.4 is 10.1 Å². The first-order chi connectivity index (χ1) is 13.2. The van der Waals surface area contributed by atoms with Crippen molar-refractivity contribution in [2.24, 2.45) is 0 Å². The van der Waals surface area contributed by atoms with Gasteiger partial charge in [0.05, 0.1) is 5.69 Å². The summed E-state index contributed by atoms with van der Waals surface area (Å²) in [7, 11) is 0. The fourth-order valence-corrected chi connectivity index (χ4v) is 2.38. The Hall–Kier alpha value is -3.43. The number of hydrogen-bond acceptors (Lipinski definition) is 4. The van der Waals surface area contributed by atoms with E-state index in [2.05, 4.69) is 20.1 Å². The molecule has 6 nitrogen and oxygen atoms in total. The molecule has 0 saturated carbocycles. The van der Waals surface area contributed by atoms with Crippen LogP contribution in [0.3, 0.4) is 0 Å². The van der Waals surface area contributed by atoms with E-state index in [1.54, 1.807) is 6.92 Å². The highest BCUT2D eigenvalue weighted by atomic mass is 19.4. The number of amides is 1. The summed E-state index contributed by atoms with van der Waals surface area (Å²) in [5.74, 6) is -0.951. The number of hydrogen-bond donors (Lipinski definition) is 1. The molecule has 146 valence electrons. The van der Waals surface area contributed by atoms with Crippen molar-refractivity contribution in [1.29, 1.82) is 0 Å². The summed E-state index contributed by atoms with van der Waals surface area (Å²) in [5.41, 5.74) is 1.11. The van der Waals surface area contributed by atoms with Crippen LogP contribution in [0.1, 0.15) is 22.0 Å². The Morgan fingerprint density at radius 2 is 1.75 bits per heavy atom. The maximum absolute atomic E-state index is 13.0. The Kier molecular flexibility index (Phi) is 5.30. The molecule has 1 heterocycles. The van der Waals surface area contributed by atoms with Crippen LogP contribution in [0.25, 0.3) is 5.69 Å². The third-order valence-electron chi connectivity index (χ3n) is 3.65. The Morgan fingerprint density at radius 1 is 1.11 bits per heavy atom. The smallest absolute Gasteiger partial charge is 0.406 e. The van der Waals surface area contributed by atoms with Gasteiger partial charge in [0.1, 0.15) is 17.4 Å². The first-order valence-electron chi connectivity index (χ1n) is 8.04. The highest BCUT2D eigenvalue weighted by Crippen LogP contribution is 2.22. The summed E-state index contributed by atoms with van der Waals surface area (Å²) < 4.78 is 54.7. The van der Waals surface area contributed by atoms with Gasteiger partial charge in [-0.25, -0.2) is 14.1 Å². The number of carbonyl (C=O) groups excluding carboxylic acids is 1. The molecule has 0 aliphatic rings. The molecule has 1 amide bonds. The third kappa shape index (κ3) is 4.84. The van der Waals surface area contributed by atoms with Gasteiger partial charge in [0.2, 0.25) is 5.82 Å². The molecule has 0 radical (unpaired) electrons. The van der Waals surface area contributed by atoms with Crippen molar-refractivity contribution in [3.05, 3.63) is 71.6 Å². The van der Waals surface area contributed by atoms with Crippen LogP contribution >= 0.6 is 0 Å². The van der Waals surface area contributed by atoms with Crippen LogP contribution in [-0.2, 0) is 6.54 Å². The van der Waals surface area contributed by atoms with Crippen molar-refractivity contribution in [1.82, 2.24) is 20.1 Å². The second-order valence-electron chi connectivity index (χ2n) is 5.75. The molecular formula is C18H14F4N4O2. The van der Waals surface area contributed by atoms with Crippen LogP contribution in [0, 0.1) is 12.7 Å². The minimum Gasteiger partial charge on any atom is -0.406 e. The van der Waals surface area contributed by atoms with Gasteiger partial charge in [-0.05, 0) is 48.9 Å². The number of aromatic nitrogens is 3. The molecule has 0 fully saturated rings. The molecule has 10 heteroatoms. The van der Waals surface area contributed by atoms with Crippen molar-refractivity contribution in [2.45, 2.75) is 19.8 Å². The van der Waals surface area contributed by atoms with E-state index in [0.29, 0.717) is 17.1 Å². The Balaban J connectivity index is 1.64. The van der Waals surface area contributed by atoms with E-state index in [-0.39, 0.29) is 18.1 Å². The summed E-state index contributed by atoms with van der Waals surface area (Å²) >= 11 is 0. The van der Waals surface area contributed by atoms with Gasteiger partial charge in [0.15, 0.2) is 0 Å². The van der Waals surface area contributed by atoms with Gasteiger partial charge >= 0.3 is 6.36 Å². The fraction of sp³-hybridized carbons (Fsp3) is 0.167. The highest BCUT2D eigenvalue weighted by Gasteiger charge is 2.30. The molecule has 1 N–H and O–H groups in total. The van der Waals surface area contributed by atoms with E-state index in [9.17, 15) is 22.4 Å². The zero-order valence-electron chi connectivity index (χ0n) is 14.5. The number of aryl methyl sites for hydroxylation is 1. The van der Waals surface area contributed by atoms with Crippen molar-refractivity contribution in [2.75, 3.05) is 0 Å². The lowest BCUT2D eigenvalue weighted by molar-refractivity contribution is -0.274. The van der Waals surface area contributed by atoms with E-state index in [1.807, 2.05) is 0 Å². The van der Waals surface area contributed by atoms with Crippen molar-refractivity contribution in [3.63, 3.8) is 0 Å². The first kappa shape index (κ1) is 19.3. The number of alkyl halides is 3. The molecule has 0 aliphatic heterocycles. The molecule has 2 aromatic carbocycles. The Morgan fingerprint density at radius 3 is 2.36 bits per heavy atom. The third-order valence-corrected chi connectivity index (χ3v) is 3.65. The minimum absolute atomic E-state index is 0.0647. The lowest BCUT2D eigenvalue weighted by Gasteiger charge is -2.09. The van der Waals surface area contributed by atoms with Gasteiger partial charge in [0.25, 0.3) is 5.91 Å².